The normalized spacial score (nSPS) is 10.7. The van der Waals surface area contributed by atoms with Crippen molar-refractivity contribution in [3.63, 3.8) is 0 Å². The second kappa shape index (κ2) is 3.13. The van der Waals surface area contributed by atoms with E-state index >= 15 is 0 Å². The highest BCUT2D eigenvalue weighted by atomic mass is 79.9. The zero-order valence-corrected chi connectivity index (χ0v) is 9.08. The first-order valence-corrected chi connectivity index (χ1v) is 4.87. The summed E-state index contributed by atoms with van der Waals surface area (Å²) in [5.74, 6) is -0.914. The maximum atomic E-state index is 10.8. The monoisotopic (exact) mass is 253 g/mol. The highest BCUT2D eigenvalue weighted by Gasteiger charge is 2.11. The minimum atomic E-state index is -0.914. The van der Waals surface area contributed by atoms with Crippen LogP contribution in [0.1, 0.15) is 10.4 Å². The molecule has 2 rings (SSSR count). The van der Waals surface area contributed by atoms with E-state index in [1.54, 1.807) is 6.07 Å². The Morgan fingerprint density at radius 3 is 2.79 bits per heavy atom. The van der Waals surface area contributed by atoms with E-state index in [4.69, 9.17) is 5.11 Å². The Labute approximate surface area is 89.1 Å². The summed E-state index contributed by atoms with van der Waals surface area (Å²) in [4.78, 5) is 10.8. The molecule has 0 spiro atoms. The number of aromatic carboxylic acids is 1. The van der Waals surface area contributed by atoms with Gasteiger partial charge in [0, 0.05) is 28.6 Å². The molecule has 14 heavy (non-hydrogen) atoms. The second-order valence-electron chi connectivity index (χ2n) is 3.09. The van der Waals surface area contributed by atoms with Gasteiger partial charge in [0.1, 0.15) is 0 Å². The lowest BCUT2D eigenvalue weighted by atomic mass is 10.1. The van der Waals surface area contributed by atoms with Gasteiger partial charge < -0.3 is 9.67 Å². The van der Waals surface area contributed by atoms with E-state index in [1.807, 2.05) is 29.9 Å². The van der Waals surface area contributed by atoms with Crippen LogP contribution >= 0.6 is 15.9 Å². The summed E-state index contributed by atoms with van der Waals surface area (Å²) in [6.45, 7) is 0. The molecule has 1 aromatic heterocycles. The number of benzene rings is 1. The molecule has 3 nitrogen and oxygen atoms in total. The first-order valence-electron chi connectivity index (χ1n) is 4.08. The highest BCUT2D eigenvalue weighted by Crippen LogP contribution is 2.28. The third-order valence-electron chi connectivity index (χ3n) is 2.23. The molecule has 0 bridgehead atoms. The minimum absolute atomic E-state index is 0.295. The fourth-order valence-corrected chi connectivity index (χ4v) is 2.12. The number of halogens is 1. The quantitative estimate of drug-likeness (QED) is 0.849. The number of rotatable bonds is 1. The van der Waals surface area contributed by atoms with E-state index in [1.165, 1.54) is 0 Å². The summed E-state index contributed by atoms with van der Waals surface area (Å²) in [5.41, 5.74) is 1.31. The van der Waals surface area contributed by atoms with Crippen molar-refractivity contribution in [2.45, 2.75) is 0 Å². The predicted molar refractivity (Wildman–Crippen MR) is 57.6 cm³/mol. The largest absolute Gasteiger partial charge is 0.478 e. The van der Waals surface area contributed by atoms with Crippen LogP contribution in [-0.2, 0) is 7.05 Å². The van der Waals surface area contributed by atoms with Gasteiger partial charge in [-0.1, -0.05) is 0 Å². The Hall–Kier alpha value is -1.29. The average molecular weight is 254 g/mol. The van der Waals surface area contributed by atoms with Crippen molar-refractivity contribution in [2.24, 2.45) is 7.05 Å². The van der Waals surface area contributed by atoms with Gasteiger partial charge in [0.25, 0.3) is 0 Å². The van der Waals surface area contributed by atoms with Gasteiger partial charge in [-0.25, -0.2) is 4.79 Å². The van der Waals surface area contributed by atoms with Crippen LogP contribution in [0.4, 0.5) is 0 Å². The van der Waals surface area contributed by atoms with Crippen molar-refractivity contribution >= 4 is 32.8 Å². The lowest BCUT2D eigenvalue weighted by Gasteiger charge is -2.01. The van der Waals surface area contributed by atoms with Crippen molar-refractivity contribution in [3.05, 3.63) is 34.4 Å². The van der Waals surface area contributed by atoms with Crippen molar-refractivity contribution in [3.8, 4) is 0 Å². The van der Waals surface area contributed by atoms with Crippen molar-refractivity contribution in [1.29, 1.82) is 0 Å². The first kappa shape index (κ1) is 9.27. The van der Waals surface area contributed by atoms with Crippen molar-refractivity contribution in [2.75, 3.05) is 0 Å². The molecule has 0 saturated heterocycles. The molecular formula is C10H8BrNO2. The van der Waals surface area contributed by atoms with E-state index in [-0.39, 0.29) is 0 Å². The molecular weight excluding hydrogens is 246 g/mol. The smallest absolute Gasteiger partial charge is 0.336 e. The number of carbonyl (C=O) groups is 1. The molecule has 0 aliphatic rings. The number of hydrogen-bond donors (Lipinski definition) is 1. The molecule has 0 saturated carbocycles. The van der Waals surface area contributed by atoms with Gasteiger partial charge in [0.05, 0.1) is 5.56 Å². The van der Waals surface area contributed by atoms with Crippen LogP contribution in [0.25, 0.3) is 10.9 Å². The fraction of sp³-hybridized carbons (Fsp3) is 0.100. The van der Waals surface area contributed by atoms with Crippen LogP contribution in [0.2, 0.25) is 0 Å². The number of carboxylic acid groups (broad SMARTS) is 1. The topological polar surface area (TPSA) is 42.2 Å². The van der Waals surface area contributed by atoms with Crippen LogP contribution in [-0.4, -0.2) is 15.6 Å². The highest BCUT2D eigenvalue weighted by molar-refractivity contribution is 9.10. The molecule has 4 heteroatoms. The number of fused-ring (bicyclic) bond motifs is 1. The van der Waals surface area contributed by atoms with Gasteiger partial charge in [-0.15, -0.1) is 0 Å². The predicted octanol–water partition coefficient (Wildman–Crippen LogP) is 2.64. The van der Waals surface area contributed by atoms with E-state index in [9.17, 15) is 4.79 Å². The van der Waals surface area contributed by atoms with Crippen molar-refractivity contribution in [1.82, 2.24) is 4.57 Å². The van der Waals surface area contributed by atoms with Gasteiger partial charge in [-0.2, -0.15) is 0 Å². The van der Waals surface area contributed by atoms with E-state index < -0.39 is 5.97 Å². The summed E-state index contributed by atoms with van der Waals surface area (Å²) in [6, 6.07) is 5.31. The minimum Gasteiger partial charge on any atom is -0.478 e. The fourth-order valence-electron chi connectivity index (χ4n) is 1.48. The molecule has 72 valence electrons. The second-order valence-corrected chi connectivity index (χ2v) is 3.88. The number of aromatic nitrogens is 1. The number of hydrogen-bond acceptors (Lipinski definition) is 1. The van der Waals surface area contributed by atoms with Gasteiger partial charge in [-0.3, -0.25) is 0 Å². The molecule has 0 aliphatic heterocycles. The number of carboxylic acids is 1. The van der Waals surface area contributed by atoms with Gasteiger partial charge in [-0.05, 0) is 34.1 Å². The Morgan fingerprint density at radius 1 is 1.43 bits per heavy atom. The molecule has 1 N–H and O–H groups in total. The van der Waals surface area contributed by atoms with E-state index in [0.29, 0.717) is 10.0 Å². The van der Waals surface area contributed by atoms with E-state index in [2.05, 4.69) is 15.9 Å². The molecule has 0 radical (unpaired) electrons. The van der Waals surface area contributed by atoms with Crippen LogP contribution in [0, 0.1) is 0 Å². The SMILES string of the molecule is Cn1ccc2c(Br)c(C(=O)O)ccc21. The third kappa shape index (κ3) is 1.23. The van der Waals surface area contributed by atoms with Crippen LogP contribution in [0.15, 0.2) is 28.9 Å². The molecule has 0 fully saturated rings. The van der Waals surface area contributed by atoms with Gasteiger partial charge in [0.15, 0.2) is 0 Å². The Bertz CT molecular complexity index is 516. The van der Waals surface area contributed by atoms with Crippen molar-refractivity contribution < 1.29 is 9.90 Å². The summed E-state index contributed by atoms with van der Waals surface area (Å²) in [7, 11) is 1.93. The van der Waals surface area contributed by atoms with Gasteiger partial charge in [0.2, 0.25) is 0 Å². The Kier molecular flexibility index (Phi) is 2.07. The zero-order chi connectivity index (χ0) is 10.3. The molecule has 0 unspecified atom stereocenters. The zero-order valence-electron chi connectivity index (χ0n) is 7.49. The lowest BCUT2D eigenvalue weighted by Crippen LogP contribution is -1.97. The number of nitrogens with zero attached hydrogens (tertiary/aromatic N) is 1. The molecule has 1 heterocycles. The van der Waals surface area contributed by atoms with Crippen LogP contribution in [0.3, 0.4) is 0 Å². The van der Waals surface area contributed by atoms with Crippen LogP contribution in [0.5, 0.6) is 0 Å². The number of aryl methyl sites for hydroxylation is 1. The van der Waals surface area contributed by atoms with E-state index in [0.717, 1.165) is 10.9 Å². The Morgan fingerprint density at radius 2 is 2.14 bits per heavy atom. The van der Waals surface area contributed by atoms with Crippen LogP contribution < -0.4 is 0 Å². The molecule has 1 aromatic carbocycles. The average Bonchev–Trinajstić information content (AvgIpc) is 2.49. The maximum absolute atomic E-state index is 10.8. The lowest BCUT2D eigenvalue weighted by molar-refractivity contribution is 0.0696. The summed E-state index contributed by atoms with van der Waals surface area (Å²) < 4.78 is 2.59. The summed E-state index contributed by atoms with van der Waals surface area (Å²) >= 11 is 3.30. The molecule has 0 amide bonds. The van der Waals surface area contributed by atoms with Gasteiger partial charge >= 0.3 is 5.97 Å². The standard InChI is InChI=1S/C10H8BrNO2/c1-12-5-4-6-8(12)3-2-7(9(6)11)10(13)14/h2-5H,1H3,(H,13,14). The molecule has 0 aliphatic carbocycles. The Balaban J connectivity index is 2.82. The molecule has 0 atom stereocenters. The maximum Gasteiger partial charge on any atom is 0.336 e. The summed E-state index contributed by atoms with van der Waals surface area (Å²) in [6.07, 6.45) is 1.90. The molecule has 2 aromatic rings. The summed E-state index contributed by atoms with van der Waals surface area (Å²) in [5, 5.41) is 9.82. The third-order valence-corrected chi connectivity index (χ3v) is 3.09. The first-order chi connectivity index (χ1) is 6.61.